The van der Waals surface area contributed by atoms with Crippen molar-refractivity contribution in [2.75, 3.05) is 39.2 Å². The number of sulfonamides is 1. The van der Waals surface area contributed by atoms with Crippen LogP contribution in [-0.4, -0.2) is 53.1 Å². The maximum atomic E-state index is 12.2. The summed E-state index contributed by atoms with van der Waals surface area (Å²) in [5.74, 6) is 0.898. The Kier molecular flexibility index (Phi) is 9.91. The van der Waals surface area contributed by atoms with Crippen LogP contribution in [0.1, 0.15) is 24.9 Å². The summed E-state index contributed by atoms with van der Waals surface area (Å²) in [5, 5.41) is 3.70. The molecular formula is C21H31Cl2N3O3S. The van der Waals surface area contributed by atoms with Crippen molar-refractivity contribution in [2.24, 2.45) is 0 Å². The Labute approximate surface area is 192 Å². The number of anilines is 1. The summed E-state index contributed by atoms with van der Waals surface area (Å²) < 4.78 is 31.1. The maximum absolute atomic E-state index is 12.2. The average molecular weight is 476 g/mol. The smallest absolute Gasteiger partial charge is 0.242 e. The molecule has 0 spiro atoms. The van der Waals surface area contributed by atoms with Crippen LogP contribution in [0.15, 0.2) is 53.4 Å². The standard InChI is InChI=1S/C21H29N3O3S.2ClH/c1-16(20-7-5-6-8-21(20)27-4)22-17-13-14-24(15-17)18-9-11-19(12-10-18)28(25,26)23(2)3;;/h5-12,16-17,22H,13-15H2,1-4H3;2*1H. The number of para-hydroxylation sites is 1. The molecule has 2 atom stereocenters. The number of nitrogens with zero attached hydrogens (tertiary/aromatic N) is 2. The molecule has 0 aliphatic carbocycles. The molecular weight excluding hydrogens is 445 g/mol. The van der Waals surface area contributed by atoms with E-state index in [1.165, 1.54) is 4.31 Å². The fraction of sp³-hybridized carbons (Fsp3) is 0.429. The lowest BCUT2D eigenvalue weighted by atomic mass is 10.1. The summed E-state index contributed by atoms with van der Waals surface area (Å²) in [7, 11) is 1.40. The third-order valence-electron chi connectivity index (χ3n) is 5.26. The molecule has 2 aromatic rings. The molecule has 3 rings (SSSR count). The minimum absolute atomic E-state index is 0. The molecule has 6 nitrogen and oxygen atoms in total. The Morgan fingerprint density at radius 3 is 2.33 bits per heavy atom. The Bertz CT molecular complexity index is 908. The zero-order chi connectivity index (χ0) is 20.3. The van der Waals surface area contributed by atoms with E-state index >= 15 is 0 Å². The van der Waals surface area contributed by atoms with Crippen LogP contribution in [0.25, 0.3) is 0 Å². The van der Waals surface area contributed by atoms with E-state index in [1.807, 2.05) is 30.3 Å². The number of benzene rings is 2. The van der Waals surface area contributed by atoms with Gasteiger partial charge in [0, 0.05) is 50.5 Å². The van der Waals surface area contributed by atoms with Gasteiger partial charge >= 0.3 is 0 Å². The molecule has 0 saturated carbocycles. The molecule has 1 N–H and O–H groups in total. The minimum Gasteiger partial charge on any atom is -0.496 e. The van der Waals surface area contributed by atoms with E-state index in [-0.39, 0.29) is 30.9 Å². The molecule has 9 heteroatoms. The van der Waals surface area contributed by atoms with E-state index in [4.69, 9.17) is 4.74 Å². The third kappa shape index (κ3) is 5.80. The van der Waals surface area contributed by atoms with Gasteiger partial charge in [-0.15, -0.1) is 24.8 Å². The van der Waals surface area contributed by atoms with Gasteiger partial charge in [0.2, 0.25) is 10.0 Å². The van der Waals surface area contributed by atoms with E-state index in [1.54, 1.807) is 33.3 Å². The Balaban J connectivity index is 0.00000225. The lowest BCUT2D eigenvalue weighted by Gasteiger charge is -2.23. The zero-order valence-corrected chi connectivity index (χ0v) is 20.2. The molecule has 0 aromatic heterocycles. The summed E-state index contributed by atoms with van der Waals surface area (Å²) in [4.78, 5) is 2.61. The highest BCUT2D eigenvalue weighted by molar-refractivity contribution is 7.89. The number of ether oxygens (including phenoxy) is 1. The van der Waals surface area contributed by atoms with Gasteiger partial charge in [-0.1, -0.05) is 18.2 Å². The van der Waals surface area contributed by atoms with Gasteiger partial charge < -0.3 is 15.0 Å². The Hall–Kier alpha value is -1.51. The number of halogens is 2. The molecule has 30 heavy (non-hydrogen) atoms. The molecule has 1 heterocycles. The van der Waals surface area contributed by atoms with Gasteiger partial charge in [0.15, 0.2) is 0 Å². The molecule has 0 radical (unpaired) electrons. The number of hydrogen-bond donors (Lipinski definition) is 1. The number of methoxy groups -OCH3 is 1. The second-order valence-electron chi connectivity index (χ2n) is 7.34. The maximum Gasteiger partial charge on any atom is 0.242 e. The molecule has 1 aliphatic rings. The Morgan fingerprint density at radius 1 is 1.10 bits per heavy atom. The van der Waals surface area contributed by atoms with Crippen molar-refractivity contribution < 1.29 is 13.2 Å². The molecule has 0 amide bonds. The largest absolute Gasteiger partial charge is 0.496 e. The van der Waals surface area contributed by atoms with Crippen LogP contribution in [-0.2, 0) is 10.0 Å². The lowest BCUT2D eigenvalue weighted by Crippen LogP contribution is -2.34. The summed E-state index contributed by atoms with van der Waals surface area (Å²) in [5.41, 5.74) is 2.20. The molecule has 168 valence electrons. The van der Waals surface area contributed by atoms with Crippen molar-refractivity contribution in [1.82, 2.24) is 9.62 Å². The van der Waals surface area contributed by atoms with Gasteiger partial charge in [0.25, 0.3) is 0 Å². The van der Waals surface area contributed by atoms with Crippen molar-refractivity contribution in [2.45, 2.75) is 30.3 Å². The fourth-order valence-electron chi connectivity index (χ4n) is 3.64. The van der Waals surface area contributed by atoms with Crippen LogP contribution >= 0.6 is 24.8 Å². The third-order valence-corrected chi connectivity index (χ3v) is 7.09. The van der Waals surface area contributed by atoms with Crippen molar-refractivity contribution in [3.05, 3.63) is 54.1 Å². The number of hydrogen-bond acceptors (Lipinski definition) is 5. The van der Waals surface area contributed by atoms with E-state index < -0.39 is 10.0 Å². The zero-order valence-electron chi connectivity index (χ0n) is 17.7. The molecule has 1 saturated heterocycles. The summed E-state index contributed by atoms with van der Waals surface area (Å²) in [6.45, 7) is 3.98. The first kappa shape index (κ1) is 26.5. The van der Waals surface area contributed by atoms with Gasteiger partial charge in [0.1, 0.15) is 5.75 Å². The second kappa shape index (κ2) is 11.2. The van der Waals surface area contributed by atoms with Crippen molar-refractivity contribution >= 4 is 40.5 Å². The molecule has 1 aliphatic heterocycles. The Morgan fingerprint density at radius 2 is 1.73 bits per heavy atom. The van der Waals surface area contributed by atoms with Crippen LogP contribution in [0.3, 0.4) is 0 Å². The van der Waals surface area contributed by atoms with Crippen LogP contribution in [0.5, 0.6) is 5.75 Å². The fourth-order valence-corrected chi connectivity index (χ4v) is 4.54. The highest BCUT2D eigenvalue weighted by Crippen LogP contribution is 2.27. The number of rotatable bonds is 7. The SMILES string of the molecule is COc1ccccc1C(C)NC1CCN(c2ccc(S(=O)(=O)N(C)C)cc2)C1.Cl.Cl. The van der Waals surface area contributed by atoms with Crippen LogP contribution in [0, 0.1) is 0 Å². The quantitative estimate of drug-likeness (QED) is 0.660. The number of nitrogens with one attached hydrogen (secondary N) is 1. The van der Waals surface area contributed by atoms with Crippen molar-refractivity contribution in [3.8, 4) is 5.75 Å². The van der Waals surface area contributed by atoms with Crippen LogP contribution < -0.4 is 15.0 Å². The summed E-state index contributed by atoms with van der Waals surface area (Å²) in [6.07, 6.45) is 1.04. The first-order chi connectivity index (χ1) is 13.3. The van der Waals surface area contributed by atoms with E-state index in [2.05, 4.69) is 23.2 Å². The normalized spacial score (nSPS) is 17.2. The predicted molar refractivity (Wildman–Crippen MR) is 127 cm³/mol. The van der Waals surface area contributed by atoms with E-state index in [0.29, 0.717) is 10.9 Å². The monoisotopic (exact) mass is 475 g/mol. The second-order valence-corrected chi connectivity index (χ2v) is 9.50. The van der Waals surface area contributed by atoms with Crippen LogP contribution in [0.4, 0.5) is 5.69 Å². The minimum atomic E-state index is -3.39. The van der Waals surface area contributed by atoms with Gasteiger partial charge in [0.05, 0.1) is 12.0 Å². The predicted octanol–water partition coefficient (Wildman–Crippen LogP) is 3.72. The lowest BCUT2D eigenvalue weighted by molar-refractivity contribution is 0.395. The summed E-state index contributed by atoms with van der Waals surface area (Å²) in [6, 6.07) is 15.8. The average Bonchev–Trinajstić information content (AvgIpc) is 3.16. The van der Waals surface area contributed by atoms with Gasteiger partial charge in [-0.25, -0.2) is 12.7 Å². The molecule has 2 aromatic carbocycles. The molecule has 0 bridgehead atoms. The first-order valence-corrected chi connectivity index (χ1v) is 10.9. The molecule has 1 fully saturated rings. The highest BCUT2D eigenvalue weighted by atomic mass is 35.5. The van der Waals surface area contributed by atoms with Gasteiger partial charge in [-0.2, -0.15) is 0 Å². The van der Waals surface area contributed by atoms with E-state index in [0.717, 1.165) is 36.5 Å². The van der Waals surface area contributed by atoms with E-state index in [9.17, 15) is 8.42 Å². The van der Waals surface area contributed by atoms with Gasteiger partial charge in [-0.3, -0.25) is 0 Å². The first-order valence-electron chi connectivity index (χ1n) is 9.49. The highest BCUT2D eigenvalue weighted by Gasteiger charge is 2.25. The van der Waals surface area contributed by atoms with Gasteiger partial charge in [-0.05, 0) is 43.7 Å². The summed E-state index contributed by atoms with van der Waals surface area (Å²) >= 11 is 0. The molecule has 2 unspecified atom stereocenters. The topological polar surface area (TPSA) is 61.9 Å². The van der Waals surface area contributed by atoms with Crippen LogP contribution in [0.2, 0.25) is 0 Å². The van der Waals surface area contributed by atoms with Crippen molar-refractivity contribution in [1.29, 1.82) is 0 Å². The van der Waals surface area contributed by atoms with Crippen molar-refractivity contribution in [3.63, 3.8) is 0 Å².